The normalized spacial score (nSPS) is 10.6. The highest BCUT2D eigenvalue weighted by Crippen LogP contribution is 2.28. The highest BCUT2D eigenvalue weighted by Gasteiger charge is 2.03. The van der Waals surface area contributed by atoms with Crippen LogP contribution in [-0.4, -0.2) is 6.29 Å². The summed E-state index contributed by atoms with van der Waals surface area (Å²) in [6.07, 6.45) is 0.911. The molecule has 0 saturated heterocycles. The molecule has 0 unspecified atom stereocenters. The molecule has 0 aliphatic carbocycles. The fourth-order valence-corrected chi connectivity index (χ4v) is 3.05. The van der Waals surface area contributed by atoms with Crippen molar-refractivity contribution in [2.45, 2.75) is 6.92 Å². The Balaban J connectivity index is 2.79. The molecule has 0 spiro atoms. The van der Waals surface area contributed by atoms with E-state index in [2.05, 4.69) is 41.6 Å². The first-order chi connectivity index (χ1) is 6.20. The van der Waals surface area contributed by atoms with Gasteiger partial charge in [0, 0.05) is 18.7 Å². The number of aryl methyl sites for hydroxylation is 1. The predicted molar refractivity (Wildman–Crippen MR) is 64.7 cm³/mol. The van der Waals surface area contributed by atoms with Crippen molar-refractivity contribution < 1.29 is 4.79 Å². The van der Waals surface area contributed by atoms with Crippen molar-refractivity contribution in [1.82, 2.24) is 0 Å². The molecule has 1 heterocycles. The molecule has 0 saturated carbocycles. The van der Waals surface area contributed by atoms with Gasteiger partial charge in [-0.2, -0.15) is 0 Å². The zero-order chi connectivity index (χ0) is 9.42. The fraction of sp³-hybridized carbons (Fsp3) is 0.100. The second-order valence-electron chi connectivity index (χ2n) is 2.89. The highest BCUT2D eigenvalue weighted by molar-refractivity contribution is 14.1. The van der Waals surface area contributed by atoms with Gasteiger partial charge < -0.3 is 0 Å². The van der Waals surface area contributed by atoms with Gasteiger partial charge >= 0.3 is 0 Å². The molecule has 3 heteroatoms. The predicted octanol–water partition coefficient (Wildman–Crippen LogP) is 3.63. The first-order valence-corrected chi connectivity index (χ1v) is 5.75. The van der Waals surface area contributed by atoms with E-state index in [0.717, 1.165) is 15.4 Å². The molecule has 66 valence electrons. The van der Waals surface area contributed by atoms with Crippen molar-refractivity contribution >= 4 is 50.3 Å². The minimum Gasteiger partial charge on any atom is -0.298 e. The van der Waals surface area contributed by atoms with Crippen LogP contribution in [0.25, 0.3) is 10.1 Å². The maximum Gasteiger partial charge on any atom is 0.151 e. The Morgan fingerprint density at radius 2 is 2.15 bits per heavy atom. The number of hydrogen-bond acceptors (Lipinski definition) is 2. The quantitative estimate of drug-likeness (QED) is 0.581. The summed E-state index contributed by atoms with van der Waals surface area (Å²) < 4.78 is 2.29. The Labute approximate surface area is 93.9 Å². The summed E-state index contributed by atoms with van der Waals surface area (Å²) >= 11 is 3.96. The van der Waals surface area contributed by atoms with E-state index >= 15 is 0 Å². The molecule has 13 heavy (non-hydrogen) atoms. The standard InChI is InChI=1S/C10H7IOS/c1-6-2-7-3-8(5-12)9(11)4-10(7)13-6/h2-5H,1H3. The maximum atomic E-state index is 10.7. The lowest BCUT2D eigenvalue weighted by molar-refractivity contribution is 0.112. The molecule has 0 N–H and O–H groups in total. The molecule has 1 aromatic heterocycles. The van der Waals surface area contributed by atoms with Crippen LogP contribution in [-0.2, 0) is 0 Å². The average Bonchev–Trinajstić information content (AvgIpc) is 2.42. The van der Waals surface area contributed by atoms with Gasteiger partial charge in [0.05, 0.1) is 0 Å². The van der Waals surface area contributed by atoms with Gasteiger partial charge in [-0.05, 0) is 53.1 Å². The average molecular weight is 302 g/mol. The van der Waals surface area contributed by atoms with Crippen molar-refractivity contribution in [3.05, 3.63) is 32.2 Å². The number of benzene rings is 1. The lowest BCUT2D eigenvalue weighted by atomic mass is 10.2. The molecule has 0 bridgehead atoms. The van der Waals surface area contributed by atoms with Gasteiger partial charge in [0.2, 0.25) is 0 Å². The Hall–Kier alpha value is -0.420. The van der Waals surface area contributed by atoms with Crippen LogP contribution in [0.4, 0.5) is 0 Å². The number of halogens is 1. The van der Waals surface area contributed by atoms with Crippen molar-refractivity contribution in [2.75, 3.05) is 0 Å². The van der Waals surface area contributed by atoms with E-state index in [1.54, 1.807) is 11.3 Å². The minimum absolute atomic E-state index is 0.783. The zero-order valence-corrected chi connectivity index (χ0v) is 9.98. The Morgan fingerprint density at radius 3 is 2.85 bits per heavy atom. The number of hydrogen-bond donors (Lipinski definition) is 0. The first-order valence-electron chi connectivity index (χ1n) is 3.85. The second-order valence-corrected chi connectivity index (χ2v) is 5.34. The van der Waals surface area contributed by atoms with Crippen LogP contribution >= 0.6 is 33.9 Å². The zero-order valence-electron chi connectivity index (χ0n) is 7.00. The van der Waals surface area contributed by atoms with Crippen molar-refractivity contribution in [3.8, 4) is 0 Å². The number of aldehydes is 1. The van der Waals surface area contributed by atoms with E-state index in [0.29, 0.717) is 0 Å². The summed E-state index contributed by atoms with van der Waals surface area (Å²) in [7, 11) is 0. The third-order valence-electron chi connectivity index (χ3n) is 1.89. The highest BCUT2D eigenvalue weighted by atomic mass is 127. The summed E-state index contributed by atoms with van der Waals surface area (Å²) in [5.74, 6) is 0. The van der Waals surface area contributed by atoms with Gasteiger partial charge in [0.25, 0.3) is 0 Å². The Bertz CT molecular complexity index is 473. The lowest BCUT2D eigenvalue weighted by Gasteiger charge is -1.95. The van der Waals surface area contributed by atoms with E-state index in [1.807, 2.05) is 6.07 Å². The second kappa shape index (κ2) is 3.38. The van der Waals surface area contributed by atoms with Gasteiger partial charge in [-0.25, -0.2) is 0 Å². The van der Waals surface area contributed by atoms with Gasteiger partial charge in [-0.3, -0.25) is 4.79 Å². The SMILES string of the molecule is Cc1cc2cc(C=O)c(I)cc2s1. The number of thiophene rings is 1. The van der Waals surface area contributed by atoms with E-state index in [1.165, 1.54) is 15.0 Å². The Morgan fingerprint density at radius 1 is 1.38 bits per heavy atom. The number of rotatable bonds is 1. The molecule has 2 rings (SSSR count). The summed E-state index contributed by atoms with van der Waals surface area (Å²) in [6, 6.07) is 6.13. The van der Waals surface area contributed by atoms with E-state index < -0.39 is 0 Å². The smallest absolute Gasteiger partial charge is 0.151 e. The molecule has 2 aromatic rings. The fourth-order valence-electron chi connectivity index (χ4n) is 1.30. The van der Waals surface area contributed by atoms with Gasteiger partial charge in [-0.15, -0.1) is 11.3 Å². The van der Waals surface area contributed by atoms with Crippen LogP contribution < -0.4 is 0 Å². The van der Waals surface area contributed by atoms with Gasteiger partial charge in [-0.1, -0.05) is 0 Å². The molecule has 0 atom stereocenters. The maximum absolute atomic E-state index is 10.7. The topological polar surface area (TPSA) is 17.1 Å². The summed E-state index contributed by atoms with van der Waals surface area (Å²) in [5, 5.41) is 1.17. The molecule has 0 aliphatic rings. The number of fused-ring (bicyclic) bond motifs is 1. The summed E-state index contributed by atoms with van der Waals surface area (Å²) in [5.41, 5.74) is 0.783. The molecule has 1 aromatic carbocycles. The molecule has 0 aliphatic heterocycles. The molecular formula is C10H7IOS. The van der Waals surface area contributed by atoms with E-state index in [-0.39, 0.29) is 0 Å². The van der Waals surface area contributed by atoms with Crippen LogP contribution in [0.2, 0.25) is 0 Å². The molecule has 1 nitrogen and oxygen atoms in total. The molecular weight excluding hydrogens is 295 g/mol. The Kier molecular flexibility index (Phi) is 2.38. The van der Waals surface area contributed by atoms with Crippen LogP contribution in [0.5, 0.6) is 0 Å². The molecule has 0 amide bonds. The summed E-state index contributed by atoms with van der Waals surface area (Å²) in [4.78, 5) is 12.0. The van der Waals surface area contributed by atoms with Crippen LogP contribution in [0.1, 0.15) is 15.2 Å². The van der Waals surface area contributed by atoms with Crippen molar-refractivity contribution in [1.29, 1.82) is 0 Å². The minimum atomic E-state index is 0.783. The van der Waals surface area contributed by atoms with Crippen LogP contribution in [0, 0.1) is 10.5 Å². The van der Waals surface area contributed by atoms with E-state index in [4.69, 9.17) is 0 Å². The van der Waals surface area contributed by atoms with Gasteiger partial charge in [0.1, 0.15) is 0 Å². The van der Waals surface area contributed by atoms with Gasteiger partial charge in [0.15, 0.2) is 6.29 Å². The van der Waals surface area contributed by atoms with Crippen molar-refractivity contribution in [3.63, 3.8) is 0 Å². The third kappa shape index (κ3) is 1.62. The number of carbonyl (C=O) groups is 1. The number of carbonyl (C=O) groups excluding carboxylic acids is 1. The van der Waals surface area contributed by atoms with E-state index in [9.17, 15) is 4.79 Å². The largest absolute Gasteiger partial charge is 0.298 e. The monoisotopic (exact) mass is 302 g/mol. The molecule has 0 radical (unpaired) electrons. The van der Waals surface area contributed by atoms with Crippen molar-refractivity contribution in [2.24, 2.45) is 0 Å². The molecule has 0 fully saturated rings. The summed E-state index contributed by atoms with van der Waals surface area (Å²) in [6.45, 7) is 2.08. The lowest BCUT2D eigenvalue weighted by Crippen LogP contribution is -1.83. The first kappa shape index (κ1) is 9.15. The van der Waals surface area contributed by atoms with Crippen LogP contribution in [0.3, 0.4) is 0 Å². The third-order valence-corrected chi connectivity index (χ3v) is 3.83. The van der Waals surface area contributed by atoms with Crippen LogP contribution in [0.15, 0.2) is 18.2 Å².